The highest BCUT2D eigenvalue weighted by Gasteiger charge is 2.66. The summed E-state index contributed by atoms with van der Waals surface area (Å²) in [5, 5.41) is 11.1. The Hall–Kier alpha value is -1.06. The summed E-state index contributed by atoms with van der Waals surface area (Å²) in [6.07, 6.45) is 1.01. The minimum atomic E-state index is -0.886. The van der Waals surface area contributed by atoms with Crippen LogP contribution >= 0.6 is 0 Å². The number of aliphatic carboxylic acids is 1. The molecule has 2 rings (SSSR count). The van der Waals surface area contributed by atoms with Crippen LogP contribution in [0.5, 0.6) is 0 Å². The van der Waals surface area contributed by atoms with Gasteiger partial charge in [0.25, 0.3) is 0 Å². The van der Waals surface area contributed by atoms with Gasteiger partial charge >= 0.3 is 5.97 Å². The molecule has 2 fully saturated rings. The Balaban J connectivity index is 2.23. The maximum Gasteiger partial charge on any atom is 0.329 e. The van der Waals surface area contributed by atoms with Gasteiger partial charge in [-0.2, -0.15) is 0 Å². The normalized spacial score (nSPS) is 42.4. The molecule has 10 heavy (non-hydrogen) atoms. The first-order valence-electron chi connectivity index (χ1n) is 3.19. The molecular formula is C6H7NO3. The third-order valence-electron chi connectivity index (χ3n) is 2.28. The second kappa shape index (κ2) is 1.33. The molecule has 1 saturated heterocycles. The van der Waals surface area contributed by atoms with Crippen LogP contribution in [0.3, 0.4) is 0 Å². The number of amides is 1. The van der Waals surface area contributed by atoms with E-state index in [0.29, 0.717) is 12.8 Å². The molecule has 0 bridgehead atoms. The maximum atomic E-state index is 10.6. The highest BCUT2D eigenvalue weighted by molar-refractivity contribution is 5.95. The third-order valence-corrected chi connectivity index (χ3v) is 2.28. The molecule has 0 spiro atoms. The Morgan fingerprint density at radius 3 is 2.80 bits per heavy atom. The van der Waals surface area contributed by atoms with Crippen LogP contribution in [-0.4, -0.2) is 22.5 Å². The van der Waals surface area contributed by atoms with Gasteiger partial charge in [0.05, 0.1) is 0 Å². The number of rotatable bonds is 1. The van der Waals surface area contributed by atoms with Crippen molar-refractivity contribution in [2.24, 2.45) is 5.92 Å². The van der Waals surface area contributed by atoms with E-state index in [0.717, 1.165) is 0 Å². The molecule has 54 valence electrons. The molecule has 4 nitrogen and oxygen atoms in total. The summed E-state index contributed by atoms with van der Waals surface area (Å²) in [5.41, 5.74) is -0.850. The summed E-state index contributed by atoms with van der Waals surface area (Å²) in [6.45, 7) is 0. The van der Waals surface area contributed by atoms with E-state index < -0.39 is 11.5 Å². The molecule has 1 heterocycles. The van der Waals surface area contributed by atoms with Crippen LogP contribution in [-0.2, 0) is 9.59 Å². The van der Waals surface area contributed by atoms with Crippen molar-refractivity contribution in [2.45, 2.75) is 18.4 Å². The molecule has 4 heteroatoms. The minimum Gasteiger partial charge on any atom is -0.479 e. The lowest BCUT2D eigenvalue weighted by Gasteiger charge is -2.04. The molecule has 2 N–H and O–H groups in total. The summed E-state index contributed by atoms with van der Waals surface area (Å²) in [5.74, 6) is -0.945. The third kappa shape index (κ3) is 0.465. The van der Waals surface area contributed by atoms with Gasteiger partial charge in [-0.25, -0.2) is 4.79 Å². The fraction of sp³-hybridized carbons (Fsp3) is 0.667. The van der Waals surface area contributed by atoms with Crippen molar-refractivity contribution in [1.29, 1.82) is 0 Å². The fourth-order valence-corrected chi connectivity index (χ4v) is 1.57. The highest BCUT2D eigenvalue weighted by atomic mass is 16.4. The summed E-state index contributed by atoms with van der Waals surface area (Å²) in [7, 11) is 0. The van der Waals surface area contributed by atoms with E-state index in [1.165, 1.54) is 0 Å². The van der Waals surface area contributed by atoms with Gasteiger partial charge in [-0.1, -0.05) is 0 Å². The van der Waals surface area contributed by atoms with Crippen molar-refractivity contribution < 1.29 is 14.7 Å². The molecular weight excluding hydrogens is 134 g/mol. The largest absolute Gasteiger partial charge is 0.479 e. The van der Waals surface area contributed by atoms with E-state index in [2.05, 4.69) is 5.32 Å². The van der Waals surface area contributed by atoms with Crippen molar-refractivity contribution in [3.63, 3.8) is 0 Å². The molecule has 2 aliphatic rings. The van der Waals surface area contributed by atoms with Crippen molar-refractivity contribution in [3.05, 3.63) is 0 Å². The first-order valence-corrected chi connectivity index (χ1v) is 3.19. The van der Waals surface area contributed by atoms with Crippen LogP contribution in [0.15, 0.2) is 0 Å². The van der Waals surface area contributed by atoms with Crippen LogP contribution in [0, 0.1) is 5.92 Å². The van der Waals surface area contributed by atoms with E-state index in [4.69, 9.17) is 5.11 Å². The number of carboxylic acid groups (broad SMARTS) is 1. The van der Waals surface area contributed by atoms with Crippen molar-refractivity contribution >= 4 is 11.9 Å². The van der Waals surface area contributed by atoms with Crippen molar-refractivity contribution in [3.8, 4) is 0 Å². The number of hydrogen-bond donors (Lipinski definition) is 2. The summed E-state index contributed by atoms with van der Waals surface area (Å²) in [4.78, 5) is 21.1. The van der Waals surface area contributed by atoms with Crippen LogP contribution in [0.4, 0.5) is 0 Å². The number of carbonyl (C=O) groups is 2. The zero-order chi connectivity index (χ0) is 7.35. The minimum absolute atomic E-state index is 0.0671. The number of nitrogens with one attached hydrogen (secondary N) is 1. The average Bonchev–Trinajstić information content (AvgIpc) is 2.37. The van der Waals surface area contributed by atoms with Crippen LogP contribution < -0.4 is 5.32 Å². The van der Waals surface area contributed by atoms with Crippen LogP contribution in [0.2, 0.25) is 0 Å². The molecule has 1 unspecified atom stereocenters. The standard InChI is InChI=1S/C6H7NO3/c8-4-1-3-2-6(3,7-4)5(9)10/h3H,1-2H2,(H,7,8)(H,9,10)/t3?,6-/m0/s1. The summed E-state index contributed by atoms with van der Waals surface area (Å²) < 4.78 is 0. The average molecular weight is 141 g/mol. The van der Waals surface area contributed by atoms with Gasteiger partial charge in [0.1, 0.15) is 5.54 Å². The molecule has 0 radical (unpaired) electrons. The first-order chi connectivity index (χ1) is 4.65. The van der Waals surface area contributed by atoms with Gasteiger partial charge < -0.3 is 10.4 Å². The molecule has 0 aromatic carbocycles. The number of carbonyl (C=O) groups excluding carboxylic acids is 1. The molecule has 1 saturated carbocycles. The highest BCUT2D eigenvalue weighted by Crippen LogP contribution is 2.50. The zero-order valence-corrected chi connectivity index (χ0v) is 5.26. The van der Waals surface area contributed by atoms with Gasteiger partial charge in [0.15, 0.2) is 0 Å². The Morgan fingerprint density at radius 2 is 2.50 bits per heavy atom. The Bertz CT molecular complexity index is 225. The Kier molecular flexibility index (Phi) is 0.760. The predicted octanol–water partition coefficient (Wildman–Crippen LogP) is -0.650. The lowest BCUT2D eigenvalue weighted by atomic mass is 10.2. The molecule has 2 atom stereocenters. The summed E-state index contributed by atoms with van der Waals surface area (Å²) in [6, 6.07) is 0. The lowest BCUT2D eigenvalue weighted by molar-refractivity contribution is -0.142. The van der Waals surface area contributed by atoms with Crippen molar-refractivity contribution in [2.75, 3.05) is 0 Å². The fourth-order valence-electron chi connectivity index (χ4n) is 1.57. The molecule has 0 aromatic rings. The molecule has 1 amide bonds. The van der Waals surface area contributed by atoms with E-state index in [1.807, 2.05) is 0 Å². The van der Waals surface area contributed by atoms with E-state index in [9.17, 15) is 9.59 Å². The van der Waals surface area contributed by atoms with E-state index in [1.54, 1.807) is 0 Å². The van der Waals surface area contributed by atoms with Gasteiger partial charge in [-0.05, 0) is 6.42 Å². The Morgan fingerprint density at radius 1 is 1.80 bits per heavy atom. The first kappa shape index (κ1) is 5.70. The second-order valence-electron chi connectivity index (χ2n) is 2.93. The van der Waals surface area contributed by atoms with E-state index >= 15 is 0 Å². The smallest absolute Gasteiger partial charge is 0.329 e. The van der Waals surface area contributed by atoms with Gasteiger partial charge in [-0.15, -0.1) is 0 Å². The zero-order valence-electron chi connectivity index (χ0n) is 5.26. The van der Waals surface area contributed by atoms with E-state index in [-0.39, 0.29) is 11.8 Å². The van der Waals surface area contributed by atoms with Crippen molar-refractivity contribution in [1.82, 2.24) is 5.32 Å². The van der Waals surface area contributed by atoms with Crippen LogP contribution in [0.25, 0.3) is 0 Å². The molecule has 0 aromatic heterocycles. The number of fused-ring (bicyclic) bond motifs is 1. The SMILES string of the molecule is O=C1CC2C[C@]2(C(=O)O)N1. The predicted molar refractivity (Wildman–Crippen MR) is 31.2 cm³/mol. The number of hydrogen-bond acceptors (Lipinski definition) is 2. The second-order valence-corrected chi connectivity index (χ2v) is 2.93. The quantitative estimate of drug-likeness (QED) is 0.510. The van der Waals surface area contributed by atoms with Gasteiger partial charge in [0, 0.05) is 12.3 Å². The van der Waals surface area contributed by atoms with Gasteiger partial charge in [0.2, 0.25) is 5.91 Å². The maximum absolute atomic E-state index is 10.6. The molecule has 1 aliphatic heterocycles. The molecule has 1 aliphatic carbocycles. The van der Waals surface area contributed by atoms with Crippen LogP contribution in [0.1, 0.15) is 12.8 Å². The Labute approximate surface area is 57.2 Å². The van der Waals surface area contributed by atoms with Gasteiger partial charge in [-0.3, -0.25) is 4.79 Å². The summed E-state index contributed by atoms with van der Waals surface area (Å²) >= 11 is 0. The monoisotopic (exact) mass is 141 g/mol. The lowest BCUT2D eigenvalue weighted by Crippen LogP contribution is -2.39. The number of piperidine rings is 1. The number of carboxylic acids is 1. The topological polar surface area (TPSA) is 66.4 Å².